The quantitative estimate of drug-likeness (QED) is 0.682. The molecule has 11 heavy (non-hydrogen) atoms. The van der Waals surface area contributed by atoms with Gasteiger partial charge in [0.15, 0.2) is 0 Å². The van der Waals surface area contributed by atoms with Crippen molar-refractivity contribution < 1.29 is 0 Å². The van der Waals surface area contributed by atoms with Crippen LogP contribution in [0.25, 0.3) is 0 Å². The highest BCUT2D eigenvalue weighted by Gasteiger charge is 2.19. The molecule has 3 unspecified atom stereocenters. The molecule has 0 radical (unpaired) electrons. The molecule has 0 spiro atoms. The second kappa shape index (κ2) is 4.53. The van der Waals surface area contributed by atoms with Crippen molar-refractivity contribution in [2.75, 3.05) is 17.8 Å². The number of nitrogens with one attached hydrogen (secondary N) is 1. The van der Waals surface area contributed by atoms with Crippen molar-refractivity contribution in [2.45, 2.75) is 25.1 Å². The van der Waals surface area contributed by atoms with Gasteiger partial charge in [-0.1, -0.05) is 6.92 Å². The smallest absolute Gasteiger partial charge is 0.0195 e. The standard InChI is InChI=1S/C8H17NS2/c1-7-8(2)11(6-9-7)5-4-10-3/h6-9H,4-5H2,1-3H3. The fourth-order valence-electron chi connectivity index (χ4n) is 1.12. The van der Waals surface area contributed by atoms with Crippen molar-refractivity contribution >= 4 is 27.7 Å². The average molecular weight is 191 g/mol. The highest BCUT2D eigenvalue weighted by atomic mass is 32.2. The largest absolute Gasteiger partial charge is 0.286 e. The van der Waals surface area contributed by atoms with Gasteiger partial charge >= 0.3 is 0 Å². The molecule has 0 aromatic heterocycles. The topological polar surface area (TPSA) is 12.0 Å². The van der Waals surface area contributed by atoms with Crippen LogP contribution in [-0.2, 0) is 0 Å². The lowest BCUT2D eigenvalue weighted by atomic mass is 10.3. The molecule has 3 heteroatoms. The SMILES string of the molecule is CSCCS1=CNC(C)C1C. The molecule has 0 saturated heterocycles. The van der Waals surface area contributed by atoms with Gasteiger partial charge < -0.3 is 0 Å². The van der Waals surface area contributed by atoms with Gasteiger partial charge in [-0.2, -0.15) is 22.2 Å². The van der Waals surface area contributed by atoms with Gasteiger partial charge in [-0.3, -0.25) is 5.32 Å². The fraction of sp³-hybridized carbons (Fsp3) is 0.875. The summed E-state index contributed by atoms with van der Waals surface area (Å²) in [6, 6.07) is 0.695. The van der Waals surface area contributed by atoms with E-state index in [2.05, 4.69) is 30.9 Å². The lowest BCUT2D eigenvalue weighted by molar-refractivity contribution is 0.678. The summed E-state index contributed by atoms with van der Waals surface area (Å²) in [4.78, 5) is 0. The summed E-state index contributed by atoms with van der Waals surface area (Å²) < 4.78 is 0. The van der Waals surface area contributed by atoms with E-state index >= 15 is 0 Å². The summed E-state index contributed by atoms with van der Waals surface area (Å²) in [5.41, 5.74) is 2.31. The second-order valence-electron chi connectivity index (χ2n) is 2.94. The Hall–Kier alpha value is 0.530. The average Bonchev–Trinajstić information content (AvgIpc) is 2.31. The van der Waals surface area contributed by atoms with Crippen molar-refractivity contribution in [3.63, 3.8) is 0 Å². The first-order chi connectivity index (χ1) is 5.25. The van der Waals surface area contributed by atoms with E-state index in [9.17, 15) is 0 Å². The van der Waals surface area contributed by atoms with Gasteiger partial charge in [0, 0.05) is 22.5 Å². The van der Waals surface area contributed by atoms with E-state index in [0.29, 0.717) is 16.5 Å². The van der Waals surface area contributed by atoms with Crippen LogP contribution < -0.4 is 5.32 Å². The molecule has 3 atom stereocenters. The third-order valence-corrected chi connectivity index (χ3v) is 5.54. The monoisotopic (exact) mass is 191 g/mol. The molecular weight excluding hydrogens is 174 g/mol. The summed E-state index contributed by atoms with van der Waals surface area (Å²) in [6.07, 6.45) is 2.18. The molecule has 0 aromatic rings. The molecule has 1 heterocycles. The molecule has 0 amide bonds. The van der Waals surface area contributed by atoms with E-state index in [4.69, 9.17) is 0 Å². The minimum atomic E-state index is 0.541. The van der Waals surface area contributed by atoms with Gasteiger partial charge in [0.05, 0.1) is 0 Å². The first-order valence-electron chi connectivity index (χ1n) is 4.02. The van der Waals surface area contributed by atoms with Crippen LogP contribution in [0, 0.1) is 0 Å². The highest BCUT2D eigenvalue weighted by Crippen LogP contribution is 2.26. The van der Waals surface area contributed by atoms with Gasteiger partial charge in [-0.15, -0.1) is 0 Å². The van der Waals surface area contributed by atoms with E-state index in [-0.39, 0.29) is 0 Å². The summed E-state index contributed by atoms with van der Waals surface area (Å²) in [5.74, 6) is 2.66. The van der Waals surface area contributed by atoms with Gasteiger partial charge in [-0.25, -0.2) is 0 Å². The Morgan fingerprint density at radius 2 is 2.27 bits per heavy atom. The normalized spacial score (nSPS) is 37.2. The Morgan fingerprint density at radius 1 is 1.55 bits per heavy atom. The van der Waals surface area contributed by atoms with Crippen LogP contribution in [0.5, 0.6) is 0 Å². The molecule has 0 saturated carbocycles. The van der Waals surface area contributed by atoms with E-state index < -0.39 is 0 Å². The van der Waals surface area contributed by atoms with Gasteiger partial charge in [0.1, 0.15) is 0 Å². The maximum Gasteiger partial charge on any atom is 0.0195 e. The first kappa shape index (κ1) is 9.62. The van der Waals surface area contributed by atoms with Crippen molar-refractivity contribution in [3.05, 3.63) is 0 Å². The fourth-order valence-corrected chi connectivity index (χ4v) is 4.26. The number of hydrogen-bond acceptors (Lipinski definition) is 2. The lowest BCUT2D eigenvalue weighted by Crippen LogP contribution is -2.25. The van der Waals surface area contributed by atoms with Crippen molar-refractivity contribution in [3.8, 4) is 0 Å². The van der Waals surface area contributed by atoms with Crippen molar-refractivity contribution in [2.24, 2.45) is 0 Å². The first-order valence-corrected chi connectivity index (χ1v) is 6.94. The Balaban J connectivity index is 2.34. The van der Waals surface area contributed by atoms with Crippen LogP contribution >= 0.6 is 22.2 Å². The molecule has 0 aromatic carbocycles. The molecule has 0 bridgehead atoms. The highest BCUT2D eigenvalue weighted by molar-refractivity contribution is 8.16. The Kier molecular flexibility index (Phi) is 3.96. The number of thioether (sulfide) groups is 1. The summed E-state index contributed by atoms with van der Waals surface area (Å²) in [5, 5.41) is 4.26. The van der Waals surface area contributed by atoms with Gasteiger partial charge in [0.25, 0.3) is 0 Å². The van der Waals surface area contributed by atoms with Crippen molar-refractivity contribution in [1.82, 2.24) is 5.32 Å². The molecule has 0 fully saturated rings. The molecule has 1 nitrogen and oxygen atoms in total. The Labute approximate surface area is 76.3 Å². The Morgan fingerprint density at radius 3 is 2.73 bits per heavy atom. The van der Waals surface area contributed by atoms with Crippen LogP contribution in [0.2, 0.25) is 0 Å². The van der Waals surface area contributed by atoms with Crippen LogP contribution in [0.1, 0.15) is 13.8 Å². The van der Waals surface area contributed by atoms with E-state index in [0.717, 1.165) is 5.25 Å². The third kappa shape index (κ3) is 2.49. The van der Waals surface area contributed by atoms with Gasteiger partial charge in [0.2, 0.25) is 0 Å². The maximum absolute atomic E-state index is 3.41. The molecule has 1 aliphatic heterocycles. The van der Waals surface area contributed by atoms with Crippen molar-refractivity contribution in [1.29, 1.82) is 0 Å². The zero-order chi connectivity index (χ0) is 8.27. The second-order valence-corrected chi connectivity index (χ2v) is 6.26. The van der Waals surface area contributed by atoms with Crippen LogP contribution in [0.15, 0.2) is 0 Å². The summed E-state index contributed by atoms with van der Waals surface area (Å²) in [7, 11) is 0.541. The number of hydrogen-bond donors (Lipinski definition) is 1. The number of rotatable bonds is 3. The van der Waals surface area contributed by atoms with E-state index in [1.807, 2.05) is 11.8 Å². The third-order valence-electron chi connectivity index (χ3n) is 2.19. The van der Waals surface area contributed by atoms with E-state index in [1.165, 1.54) is 11.5 Å². The zero-order valence-electron chi connectivity index (χ0n) is 7.46. The molecule has 66 valence electrons. The minimum absolute atomic E-state index is 0.541. The predicted octanol–water partition coefficient (Wildman–Crippen LogP) is 1.76. The summed E-state index contributed by atoms with van der Waals surface area (Å²) >= 11 is 1.95. The lowest BCUT2D eigenvalue weighted by Gasteiger charge is -2.13. The zero-order valence-corrected chi connectivity index (χ0v) is 9.10. The predicted molar refractivity (Wildman–Crippen MR) is 59.0 cm³/mol. The van der Waals surface area contributed by atoms with Crippen LogP contribution in [0.3, 0.4) is 0 Å². The maximum atomic E-state index is 3.41. The molecule has 0 aliphatic carbocycles. The molecule has 1 aliphatic rings. The van der Waals surface area contributed by atoms with Crippen LogP contribution in [0.4, 0.5) is 0 Å². The van der Waals surface area contributed by atoms with Gasteiger partial charge in [-0.05, 0) is 18.9 Å². The molecule has 1 rings (SSSR count). The molecule has 1 N–H and O–H groups in total. The Bertz CT molecular complexity index is 156. The van der Waals surface area contributed by atoms with E-state index in [1.54, 1.807) is 0 Å². The summed E-state index contributed by atoms with van der Waals surface area (Å²) in [6.45, 7) is 4.62. The molecular formula is C8H17NS2. The van der Waals surface area contributed by atoms with Crippen LogP contribution in [-0.4, -0.2) is 34.5 Å². The minimum Gasteiger partial charge on any atom is -0.286 e.